The summed E-state index contributed by atoms with van der Waals surface area (Å²) in [5, 5.41) is 3.26. The van der Waals surface area contributed by atoms with Crippen LogP contribution >= 0.6 is 15.9 Å². The van der Waals surface area contributed by atoms with Gasteiger partial charge in [-0.3, -0.25) is 14.2 Å². The van der Waals surface area contributed by atoms with E-state index < -0.39 is 0 Å². The molecule has 0 radical (unpaired) electrons. The van der Waals surface area contributed by atoms with Gasteiger partial charge in [0.25, 0.3) is 5.56 Å². The van der Waals surface area contributed by atoms with Gasteiger partial charge in [-0.1, -0.05) is 15.9 Å². The fourth-order valence-electron chi connectivity index (χ4n) is 2.55. The third kappa shape index (κ3) is 4.93. The second-order valence-corrected chi connectivity index (χ2v) is 6.82. The van der Waals surface area contributed by atoms with Crippen molar-refractivity contribution in [2.24, 2.45) is 0 Å². The zero-order valence-corrected chi connectivity index (χ0v) is 16.8. The molecular weight excluding hydrogens is 428 g/mol. The fraction of sp³-hybridized carbons (Fsp3) is 0.263. The van der Waals surface area contributed by atoms with Crippen molar-refractivity contribution in [3.8, 4) is 5.88 Å². The molecule has 0 saturated heterocycles. The zero-order valence-electron chi connectivity index (χ0n) is 15.2. The van der Waals surface area contributed by atoms with E-state index in [2.05, 4.69) is 31.2 Å². The summed E-state index contributed by atoms with van der Waals surface area (Å²) in [5.41, 5.74) is 0.891. The maximum atomic E-state index is 12.6. The van der Waals surface area contributed by atoms with E-state index in [1.807, 2.05) is 6.07 Å². The maximum absolute atomic E-state index is 12.6. The molecule has 3 aromatic rings. The Labute approximate surface area is 169 Å². The minimum absolute atomic E-state index is 0.105. The number of nitrogens with one attached hydrogen (secondary N) is 1. The standard InChI is InChI=1S/C19H19BrN4O4/c1-27-9-10-28-18-16(3-2-7-21-18)23-17(25)6-8-24-12-22-15-5-4-13(20)11-14(15)19(24)26/h2-5,7,11-12H,6,8-10H2,1H3,(H,23,25). The minimum Gasteiger partial charge on any atom is -0.474 e. The van der Waals surface area contributed by atoms with E-state index in [1.54, 1.807) is 37.6 Å². The fourth-order valence-corrected chi connectivity index (χ4v) is 2.91. The van der Waals surface area contributed by atoms with Gasteiger partial charge in [-0.25, -0.2) is 9.97 Å². The number of methoxy groups -OCH3 is 1. The molecule has 0 fully saturated rings. The van der Waals surface area contributed by atoms with Crippen molar-refractivity contribution >= 4 is 38.4 Å². The number of aryl methyl sites for hydroxylation is 1. The molecule has 8 nitrogen and oxygen atoms in total. The van der Waals surface area contributed by atoms with Crippen molar-refractivity contribution < 1.29 is 14.3 Å². The lowest BCUT2D eigenvalue weighted by molar-refractivity contribution is -0.116. The van der Waals surface area contributed by atoms with Crippen molar-refractivity contribution in [2.45, 2.75) is 13.0 Å². The van der Waals surface area contributed by atoms with E-state index in [0.29, 0.717) is 35.7 Å². The van der Waals surface area contributed by atoms with Gasteiger partial charge >= 0.3 is 0 Å². The van der Waals surface area contributed by atoms with E-state index in [4.69, 9.17) is 9.47 Å². The molecule has 0 saturated carbocycles. The number of amides is 1. The highest BCUT2D eigenvalue weighted by Crippen LogP contribution is 2.20. The van der Waals surface area contributed by atoms with E-state index in [1.165, 1.54) is 10.9 Å². The summed E-state index contributed by atoms with van der Waals surface area (Å²) < 4.78 is 12.7. The summed E-state index contributed by atoms with van der Waals surface area (Å²) in [6.45, 7) is 0.947. The second-order valence-electron chi connectivity index (χ2n) is 5.90. The number of fused-ring (bicyclic) bond motifs is 1. The number of benzene rings is 1. The van der Waals surface area contributed by atoms with Crippen LogP contribution in [0.3, 0.4) is 0 Å². The highest BCUT2D eigenvalue weighted by molar-refractivity contribution is 9.10. The molecular formula is C19H19BrN4O4. The van der Waals surface area contributed by atoms with Gasteiger partial charge in [0, 0.05) is 30.7 Å². The highest BCUT2D eigenvalue weighted by atomic mass is 79.9. The molecule has 1 amide bonds. The molecule has 0 aliphatic heterocycles. The molecule has 9 heteroatoms. The van der Waals surface area contributed by atoms with Gasteiger partial charge in [-0.05, 0) is 30.3 Å². The molecule has 0 unspecified atom stereocenters. The lowest BCUT2D eigenvalue weighted by Crippen LogP contribution is -2.24. The Bertz CT molecular complexity index is 1040. The Morgan fingerprint density at radius 3 is 2.93 bits per heavy atom. The van der Waals surface area contributed by atoms with Crippen LogP contribution in [0, 0.1) is 0 Å². The van der Waals surface area contributed by atoms with E-state index >= 15 is 0 Å². The van der Waals surface area contributed by atoms with Gasteiger partial charge in [0.05, 0.1) is 23.8 Å². The number of nitrogens with zero attached hydrogens (tertiary/aromatic N) is 3. The molecule has 146 valence electrons. The number of carbonyl (C=O) groups excluding carboxylic acids is 1. The zero-order chi connectivity index (χ0) is 19.9. The molecule has 2 aromatic heterocycles. The summed E-state index contributed by atoms with van der Waals surface area (Å²) in [7, 11) is 1.58. The number of halogens is 1. The molecule has 0 atom stereocenters. The average molecular weight is 447 g/mol. The summed E-state index contributed by atoms with van der Waals surface area (Å²) in [4.78, 5) is 33.3. The van der Waals surface area contributed by atoms with Crippen molar-refractivity contribution in [3.05, 3.63) is 57.7 Å². The number of ether oxygens (including phenoxy) is 2. The molecule has 28 heavy (non-hydrogen) atoms. The number of rotatable bonds is 8. The predicted molar refractivity (Wildman–Crippen MR) is 109 cm³/mol. The van der Waals surface area contributed by atoms with Crippen LogP contribution in [0.4, 0.5) is 5.69 Å². The lowest BCUT2D eigenvalue weighted by atomic mass is 10.2. The highest BCUT2D eigenvalue weighted by Gasteiger charge is 2.11. The lowest BCUT2D eigenvalue weighted by Gasteiger charge is -2.11. The van der Waals surface area contributed by atoms with Gasteiger partial charge in [0.15, 0.2) is 0 Å². The third-order valence-electron chi connectivity index (χ3n) is 3.94. The van der Waals surface area contributed by atoms with Crippen LogP contribution in [0.2, 0.25) is 0 Å². The summed E-state index contributed by atoms with van der Waals surface area (Å²) in [5.74, 6) is 0.0631. The van der Waals surface area contributed by atoms with Gasteiger partial charge in [0.2, 0.25) is 11.8 Å². The van der Waals surface area contributed by atoms with E-state index in [0.717, 1.165) is 4.47 Å². The summed E-state index contributed by atoms with van der Waals surface area (Å²) in [6.07, 6.45) is 3.14. The van der Waals surface area contributed by atoms with Crippen LogP contribution in [0.5, 0.6) is 5.88 Å². The number of aromatic nitrogens is 3. The van der Waals surface area contributed by atoms with Crippen LogP contribution < -0.4 is 15.6 Å². The minimum atomic E-state index is -0.258. The van der Waals surface area contributed by atoms with Crippen molar-refractivity contribution in [2.75, 3.05) is 25.6 Å². The molecule has 0 spiro atoms. The Morgan fingerprint density at radius 1 is 1.25 bits per heavy atom. The van der Waals surface area contributed by atoms with E-state index in [-0.39, 0.29) is 24.4 Å². The molecule has 0 aliphatic carbocycles. The Kier molecular flexibility index (Phi) is 6.72. The number of pyridine rings is 1. The summed E-state index contributed by atoms with van der Waals surface area (Å²) in [6, 6.07) is 8.72. The smallest absolute Gasteiger partial charge is 0.261 e. The SMILES string of the molecule is COCCOc1ncccc1NC(=O)CCn1cnc2ccc(Br)cc2c1=O. The largest absolute Gasteiger partial charge is 0.474 e. The van der Waals surface area contributed by atoms with Crippen LogP contribution in [-0.4, -0.2) is 40.8 Å². The Morgan fingerprint density at radius 2 is 2.11 bits per heavy atom. The quantitative estimate of drug-likeness (QED) is 0.534. The van der Waals surface area contributed by atoms with Crippen LogP contribution in [-0.2, 0) is 16.1 Å². The van der Waals surface area contributed by atoms with Gasteiger partial charge in [-0.15, -0.1) is 0 Å². The number of anilines is 1. The normalized spacial score (nSPS) is 10.8. The van der Waals surface area contributed by atoms with Crippen LogP contribution in [0.25, 0.3) is 10.9 Å². The van der Waals surface area contributed by atoms with Gasteiger partial charge in [-0.2, -0.15) is 0 Å². The topological polar surface area (TPSA) is 95.3 Å². The Hall–Kier alpha value is -2.78. The number of hydrogen-bond donors (Lipinski definition) is 1. The molecule has 2 heterocycles. The van der Waals surface area contributed by atoms with Crippen molar-refractivity contribution in [1.29, 1.82) is 0 Å². The third-order valence-corrected chi connectivity index (χ3v) is 4.43. The predicted octanol–water partition coefficient (Wildman–Crippen LogP) is 2.61. The Balaban J connectivity index is 1.66. The first kappa shape index (κ1) is 20.0. The van der Waals surface area contributed by atoms with Crippen molar-refractivity contribution in [1.82, 2.24) is 14.5 Å². The monoisotopic (exact) mass is 446 g/mol. The molecule has 0 bridgehead atoms. The average Bonchev–Trinajstić information content (AvgIpc) is 2.69. The first-order valence-electron chi connectivity index (χ1n) is 8.60. The summed E-state index contributed by atoms with van der Waals surface area (Å²) >= 11 is 3.35. The van der Waals surface area contributed by atoms with Gasteiger partial charge < -0.3 is 14.8 Å². The second kappa shape index (κ2) is 9.43. The molecule has 1 aromatic carbocycles. The molecule has 1 N–H and O–H groups in total. The van der Waals surface area contributed by atoms with Gasteiger partial charge in [0.1, 0.15) is 12.3 Å². The number of carbonyl (C=O) groups is 1. The first-order chi connectivity index (χ1) is 13.6. The first-order valence-corrected chi connectivity index (χ1v) is 9.39. The van der Waals surface area contributed by atoms with Crippen molar-refractivity contribution in [3.63, 3.8) is 0 Å². The maximum Gasteiger partial charge on any atom is 0.261 e. The van der Waals surface area contributed by atoms with Crippen LogP contribution in [0.15, 0.2) is 52.1 Å². The molecule has 0 aliphatic rings. The van der Waals surface area contributed by atoms with Crippen LogP contribution in [0.1, 0.15) is 6.42 Å². The number of hydrogen-bond acceptors (Lipinski definition) is 6. The van der Waals surface area contributed by atoms with E-state index in [9.17, 15) is 9.59 Å². The molecule has 3 rings (SSSR count).